The molecule has 18 heavy (non-hydrogen) atoms. The van der Waals surface area contributed by atoms with Crippen LogP contribution in [0.5, 0.6) is 5.75 Å². The van der Waals surface area contributed by atoms with Crippen LogP contribution < -0.4 is 4.74 Å². The first-order chi connectivity index (χ1) is 8.67. The first-order valence-corrected chi connectivity index (χ1v) is 7.53. The molecular weight excluding hydrogens is 292 g/mol. The van der Waals surface area contributed by atoms with Gasteiger partial charge in [0, 0.05) is 12.8 Å². The molecule has 2 nitrogen and oxygen atoms in total. The van der Waals surface area contributed by atoms with E-state index >= 15 is 0 Å². The molecule has 0 bridgehead atoms. The molecular formula is C15H19BrO2. The molecule has 1 heterocycles. The smallest absolute Gasteiger partial charge is 0.133 e. The Morgan fingerprint density at radius 3 is 2.89 bits per heavy atom. The van der Waals surface area contributed by atoms with Gasteiger partial charge in [-0.3, -0.25) is 0 Å². The van der Waals surface area contributed by atoms with E-state index in [4.69, 9.17) is 9.47 Å². The van der Waals surface area contributed by atoms with Gasteiger partial charge in [-0.1, -0.05) is 6.07 Å². The van der Waals surface area contributed by atoms with Gasteiger partial charge >= 0.3 is 0 Å². The van der Waals surface area contributed by atoms with Gasteiger partial charge in [-0.2, -0.15) is 0 Å². The Morgan fingerprint density at radius 2 is 2.22 bits per heavy atom. The molecule has 0 amide bonds. The van der Waals surface area contributed by atoms with Gasteiger partial charge in [-0.25, -0.2) is 0 Å². The lowest BCUT2D eigenvalue weighted by atomic mass is 9.74. The summed E-state index contributed by atoms with van der Waals surface area (Å²) in [5.41, 5.74) is 1.40. The SMILES string of the molecule is Cc1ccc(OC2CCOC3(CCC3)C2)c(Br)c1. The minimum atomic E-state index is 0.153. The van der Waals surface area contributed by atoms with Crippen molar-refractivity contribution in [3.8, 4) is 5.75 Å². The Hall–Kier alpha value is -0.540. The average molecular weight is 311 g/mol. The molecule has 3 heteroatoms. The van der Waals surface area contributed by atoms with E-state index in [1.54, 1.807) is 0 Å². The topological polar surface area (TPSA) is 18.5 Å². The molecule has 1 aliphatic heterocycles. The predicted octanol–water partition coefficient (Wildman–Crippen LogP) is 4.24. The quantitative estimate of drug-likeness (QED) is 0.813. The zero-order valence-corrected chi connectivity index (χ0v) is 12.3. The monoisotopic (exact) mass is 310 g/mol. The van der Waals surface area contributed by atoms with E-state index in [0.717, 1.165) is 29.7 Å². The van der Waals surface area contributed by atoms with Crippen LogP contribution in [0.1, 0.15) is 37.7 Å². The number of ether oxygens (including phenoxy) is 2. The molecule has 0 N–H and O–H groups in total. The van der Waals surface area contributed by atoms with Crippen LogP contribution >= 0.6 is 15.9 Å². The summed E-state index contributed by atoms with van der Waals surface area (Å²) in [5.74, 6) is 0.960. The van der Waals surface area contributed by atoms with Crippen LogP contribution in [-0.4, -0.2) is 18.3 Å². The van der Waals surface area contributed by atoms with E-state index in [-0.39, 0.29) is 5.60 Å². The number of aryl methyl sites for hydroxylation is 1. The lowest BCUT2D eigenvalue weighted by Gasteiger charge is -2.46. The number of halogens is 1. The fourth-order valence-electron chi connectivity index (χ4n) is 2.88. The van der Waals surface area contributed by atoms with E-state index in [1.807, 2.05) is 0 Å². The summed E-state index contributed by atoms with van der Waals surface area (Å²) in [6.45, 7) is 2.93. The van der Waals surface area contributed by atoms with E-state index < -0.39 is 0 Å². The van der Waals surface area contributed by atoms with Crippen molar-refractivity contribution in [2.75, 3.05) is 6.61 Å². The van der Waals surface area contributed by atoms with E-state index in [0.29, 0.717) is 6.10 Å². The number of hydrogen-bond donors (Lipinski definition) is 0. The molecule has 1 atom stereocenters. The predicted molar refractivity (Wildman–Crippen MR) is 75.1 cm³/mol. The highest BCUT2D eigenvalue weighted by atomic mass is 79.9. The standard InChI is InChI=1S/C15H19BrO2/c1-11-3-4-14(13(16)9-11)18-12-5-8-17-15(10-12)6-2-7-15/h3-4,9,12H,2,5-8,10H2,1H3. The molecule has 1 aromatic carbocycles. The highest BCUT2D eigenvalue weighted by molar-refractivity contribution is 9.10. The Labute approximate surface area is 117 Å². The molecule has 98 valence electrons. The van der Waals surface area contributed by atoms with Gasteiger partial charge in [0.25, 0.3) is 0 Å². The number of benzene rings is 1. The van der Waals surface area contributed by atoms with Crippen LogP contribution in [0.15, 0.2) is 22.7 Å². The Morgan fingerprint density at radius 1 is 1.39 bits per heavy atom. The van der Waals surface area contributed by atoms with Crippen LogP contribution in [0.25, 0.3) is 0 Å². The van der Waals surface area contributed by atoms with Crippen molar-refractivity contribution >= 4 is 15.9 Å². The van der Waals surface area contributed by atoms with Gasteiger partial charge in [0.15, 0.2) is 0 Å². The van der Waals surface area contributed by atoms with Crippen LogP contribution in [0.4, 0.5) is 0 Å². The number of rotatable bonds is 2. The zero-order chi connectivity index (χ0) is 12.6. The van der Waals surface area contributed by atoms with Crippen LogP contribution in [0.3, 0.4) is 0 Å². The maximum atomic E-state index is 6.15. The summed E-state index contributed by atoms with van der Waals surface area (Å²) in [5, 5.41) is 0. The lowest BCUT2D eigenvalue weighted by molar-refractivity contribution is -0.153. The van der Waals surface area contributed by atoms with E-state index in [9.17, 15) is 0 Å². The van der Waals surface area contributed by atoms with Gasteiger partial charge in [-0.15, -0.1) is 0 Å². The summed E-state index contributed by atoms with van der Waals surface area (Å²) in [6.07, 6.45) is 6.08. The van der Waals surface area contributed by atoms with Gasteiger partial charge in [0.2, 0.25) is 0 Å². The zero-order valence-electron chi connectivity index (χ0n) is 10.7. The van der Waals surface area contributed by atoms with Crippen LogP contribution in [0, 0.1) is 6.92 Å². The highest BCUT2D eigenvalue weighted by Crippen LogP contribution is 2.43. The van der Waals surface area contributed by atoms with Gasteiger partial charge in [0.05, 0.1) is 16.7 Å². The van der Waals surface area contributed by atoms with Gasteiger partial charge in [0.1, 0.15) is 11.9 Å². The van der Waals surface area contributed by atoms with Crippen molar-refractivity contribution in [1.82, 2.24) is 0 Å². The molecule has 2 fully saturated rings. The molecule has 0 aromatic heterocycles. The third kappa shape index (κ3) is 2.43. The van der Waals surface area contributed by atoms with E-state index in [1.165, 1.54) is 24.8 Å². The summed E-state index contributed by atoms with van der Waals surface area (Å²) >= 11 is 3.58. The van der Waals surface area contributed by atoms with Gasteiger partial charge < -0.3 is 9.47 Å². The fraction of sp³-hybridized carbons (Fsp3) is 0.600. The van der Waals surface area contributed by atoms with Crippen molar-refractivity contribution in [3.63, 3.8) is 0 Å². The summed E-state index contributed by atoms with van der Waals surface area (Å²) in [4.78, 5) is 0. The van der Waals surface area contributed by atoms with Crippen molar-refractivity contribution in [3.05, 3.63) is 28.2 Å². The largest absolute Gasteiger partial charge is 0.489 e. The molecule has 2 aliphatic rings. The summed E-state index contributed by atoms with van der Waals surface area (Å²) in [6, 6.07) is 6.26. The maximum Gasteiger partial charge on any atom is 0.133 e. The lowest BCUT2D eigenvalue weighted by Crippen LogP contribution is -2.48. The summed E-state index contributed by atoms with van der Waals surface area (Å²) in [7, 11) is 0. The Bertz CT molecular complexity index is 440. The maximum absolute atomic E-state index is 6.15. The highest BCUT2D eigenvalue weighted by Gasteiger charge is 2.43. The van der Waals surface area contributed by atoms with E-state index in [2.05, 4.69) is 41.1 Å². The Kier molecular flexibility index (Phi) is 3.37. The molecule has 1 spiro atoms. The van der Waals surface area contributed by atoms with Crippen molar-refractivity contribution in [1.29, 1.82) is 0 Å². The van der Waals surface area contributed by atoms with Crippen LogP contribution in [0.2, 0.25) is 0 Å². The third-order valence-electron chi connectivity index (χ3n) is 4.09. The first kappa shape index (κ1) is 12.5. The molecule has 1 saturated carbocycles. The minimum Gasteiger partial charge on any atom is -0.489 e. The first-order valence-electron chi connectivity index (χ1n) is 6.74. The summed E-state index contributed by atoms with van der Waals surface area (Å²) < 4.78 is 13.1. The molecule has 1 aromatic rings. The third-order valence-corrected chi connectivity index (χ3v) is 4.71. The molecule has 1 unspecified atom stereocenters. The minimum absolute atomic E-state index is 0.153. The second-order valence-electron chi connectivity index (χ2n) is 5.55. The van der Waals surface area contributed by atoms with Crippen molar-refractivity contribution < 1.29 is 9.47 Å². The molecule has 1 aliphatic carbocycles. The van der Waals surface area contributed by atoms with Gasteiger partial charge in [-0.05, 0) is 59.8 Å². The molecule has 1 saturated heterocycles. The number of hydrogen-bond acceptors (Lipinski definition) is 2. The second kappa shape index (κ2) is 4.86. The molecule has 3 rings (SSSR count). The van der Waals surface area contributed by atoms with Crippen molar-refractivity contribution in [2.45, 2.75) is 50.7 Å². The average Bonchev–Trinajstić information content (AvgIpc) is 2.31. The van der Waals surface area contributed by atoms with Crippen molar-refractivity contribution in [2.24, 2.45) is 0 Å². The normalized spacial score (nSPS) is 25.8. The Balaban J connectivity index is 1.68. The molecule has 0 radical (unpaired) electrons. The fourth-order valence-corrected chi connectivity index (χ4v) is 3.47. The van der Waals surface area contributed by atoms with Crippen LogP contribution in [-0.2, 0) is 4.74 Å². The second-order valence-corrected chi connectivity index (χ2v) is 6.41.